The highest BCUT2D eigenvalue weighted by atomic mass is 35.5. The molecule has 0 bridgehead atoms. The number of nitrogens with zero attached hydrogens (tertiary/aromatic N) is 4. The zero-order chi connectivity index (χ0) is 17.0. The number of carbonyl (C=O) groups excluding carboxylic acids is 1. The van der Waals surface area contributed by atoms with E-state index in [0.29, 0.717) is 18.8 Å². The van der Waals surface area contributed by atoms with Crippen LogP contribution in [0.3, 0.4) is 0 Å². The summed E-state index contributed by atoms with van der Waals surface area (Å²) in [4.78, 5) is 12.5. The van der Waals surface area contributed by atoms with E-state index >= 15 is 0 Å². The third-order valence-electron chi connectivity index (χ3n) is 4.91. The lowest BCUT2D eigenvalue weighted by Crippen LogP contribution is -2.36. The Morgan fingerprint density at radius 3 is 2.72 bits per heavy atom. The monoisotopic (exact) mass is 364 g/mol. The van der Waals surface area contributed by atoms with Crippen molar-refractivity contribution < 1.29 is 4.79 Å². The molecule has 1 fully saturated rings. The lowest BCUT2D eigenvalue weighted by molar-refractivity contribution is -0.118. The molecule has 2 aromatic rings. The Morgan fingerprint density at radius 1 is 1.32 bits per heavy atom. The first-order valence-corrected chi connectivity index (χ1v) is 8.45. The lowest BCUT2D eigenvalue weighted by Gasteiger charge is -2.35. The smallest absolute Gasteiger partial charge is 0.224 e. The largest absolute Gasteiger partial charge is 0.330 e. The van der Waals surface area contributed by atoms with E-state index in [4.69, 9.17) is 5.73 Å². The zero-order valence-corrected chi connectivity index (χ0v) is 15.3. The number of hydrogen-bond acceptors (Lipinski definition) is 5. The van der Waals surface area contributed by atoms with Gasteiger partial charge < -0.3 is 11.1 Å². The first kappa shape index (κ1) is 19.3. The fourth-order valence-corrected chi connectivity index (χ4v) is 3.51. The first-order valence-electron chi connectivity index (χ1n) is 8.45. The predicted octanol–water partition coefficient (Wildman–Crippen LogP) is 2.54. The van der Waals surface area contributed by atoms with E-state index in [2.05, 4.69) is 20.8 Å². The maximum absolute atomic E-state index is 12.5. The minimum atomic E-state index is -0.0343. The van der Waals surface area contributed by atoms with Crippen LogP contribution in [0, 0.1) is 5.41 Å². The van der Waals surface area contributed by atoms with E-state index in [-0.39, 0.29) is 23.7 Å². The zero-order valence-electron chi connectivity index (χ0n) is 14.4. The van der Waals surface area contributed by atoms with Crippen LogP contribution in [0.4, 0.5) is 5.69 Å². The minimum absolute atomic E-state index is 0. The van der Waals surface area contributed by atoms with E-state index in [0.717, 1.165) is 24.1 Å². The summed E-state index contributed by atoms with van der Waals surface area (Å²) in [6.45, 7) is 0.574. The third-order valence-corrected chi connectivity index (χ3v) is 4.91. The Bertz CT molecular complexity index is 711. The van der Waals surface area contributed by atoms with Crippen LogP contribution in [0.5, 0.6) is 0 Å². The topological polar surface area (TPSA) is 98.7 Å². The number of nitrogens with one attached hydrogen (secondary N) is 1. The van der Waals surface area contributed by atoms with E-state index in [9.17, 15) is 4.79 Å². The van der Waals surface area contributed by atoms with Crippen LogP contribution in [0.1, 0.15) is 38.5 Å². The molecule has 0 atom stereocenters. The van der Waals surface area contributed by atoms with Gasteiger partial charge in [0, 0.05) is 24.7 Å². The minimum Gasteiger partial charge on any atom is -0.330 e. The van der Waals surface area contributed by atoms with Gasteiger partial charge >= 0.3 is 0 Å². The highest BCUT2D eigenvalue weighted by Crippen LogP contribution is 2.38. The molecule has 1 heterocycles. The number of carbonyl (C=O) groups is 1. The van der Waals surface area contributed by atoms with Gasteiger partial charge in [-0.3, -0.25) is 4.79 Å². The van der Waals surface area contributed by atoms with Gasteiger partial charge in [0.1, 0.15) is 0 Å². The van der Waals surface area contributed by atoms with Gasteiger partial charge in [-0.25, -0.2) is 4.68 Å². The van der Waals surface area contributed by atoms with Crippen LogP contribution in [0.2, 0.25) is 0 Å². The SMILES string of the molecule is Cl.Cn1nnnc1-c1cccc(NC(=O)CC2(CN)CCCCC2)c1. The van der Waals surface area contributed by atoms with Crippen molar-refractivity contribution in [2.24, 2.45) is 18.2 Å². The Hall–Kier alpha value is -1.99. The van der Waals surface area contributed by atoms with Crippen LogP contribution in [0.15, 0.2) is 24.3 Å². The van der Waals surface area contributed by atoms with Gasteiger partial charge in [-0.2, -0.15) is 0 Å². The third kappa shape index (κ3) is 4.55. The van der Waals surface area contributed by atoms with Crippen molar-refractivity contribution in [2.45, 2.75) is 38.5 Å². The molecule has 1 aliphatic rings. The number of hydrogen-bond donors (Lipinski definition) is 2. The summed E-state index contributed by atoms with van der Waals surface area (Å²) in [5.41, 5.74) is 7.57. The second-order valence-electron chi connectivity index (χ2n) is 6.70. The molecule has 0 saturated heterocycles. The number of aryl methyl sites for hydroxylation is 1. The van der Waals surface area contributed by atoms with Gasteiger partial charge in [-0.1, -0.05) is 31.4 Å². The average molecular weight is 365 g/mol. The second-order valence-corrected chi connectivity index (χ2v) is 6.70. The van der Waals surface area contributed by atoms with Gasteiger partial charge in [0.15, 0.2) is 5.82 Å². The predicted molar refractivity (Wildman–Crippen MR) is 99.3 cm³/mol. The van der Waals surface area contributed by atoms with Crippen molar-refractivity contribution in [3.05, 3.63) is 24.3 Å². The van der Waals surface area contributed by atoms with Gasteiger partial charge in [0.05, 0.1) is 0 Å². The second kappa shape index (κ2) is 8.40. The molecule has 1 amide bonds. The molecule has 0 aliphatic heterocycles. The van der Waals surface area contributed by atoms with Crippen LogP contribution in [-0.2, 0) is 11.8 Å². The molecule has 1 aliphatic carbocycles. The molecule has 3 N–H and O–H groups in total. The van der Waals surface area contributed by atoms with Crippen LogP contribution in [-0.4, -0.2) is 32.7 Å². The van der Waals surface area contributed by atoms with E-state index in [1.165, 1.54) is 19.3 Å². The van der Waals surface area contributed by atoms with Gasteiger partial charge in [-0.15, -0.1) is 17.5 Å². The number of nitrogens with two attached hydrogens (primary N) is 1. The van der Waals surface area contributed by atoms with Crippen LogP contribution >= 0.6 is 12.4 Å². The summed E-state index contributed by atoms with van der Waals surface area (Å²) in [6, 6.07) is 7.57. The Balaban J connectivity index is 0.00000225. The number of rotatable bonds is 5. The molecule has 0 spiro atoms. The van der Waals surface area contributed by atoms with Gasteiger partial charge in [-0.05, 0) is 47.4 Å². The normalized spacial score (nSPS) is 16.1. The fraction of sp³-hybridized carbons (Fsp3) is 0.529. The summed E-state index contributed by atoms with van der Waals surface area (Å²) >= 11 is 0. The van der Waals surface area contributed by atoms with Crippen molar-refractivity contribution in [3.63, 3.8) is 0 Å². The molecule has 25 heavy (non-hydrogen) atoms. The summed E-state index contributed by atoms with van der Waals surface area (Å²) in [5, 5.41) is 14.5. The standard InChI is InChI=1S/C17H24N6O.ClH/c1-23-16(20-21-22-23)13-6-5-7-14(10-13)19-15(24)11-17(12-18)8-3-2-4-9-17;/h5-7,10H,2-4,8-9,11-12,18H2,1H3,(H,19,24);1H. The molecule has 0 radical (unpaired) electrons. The maximum Gasteiger partial charge on any atom is 0.224 e. The van der Waals surface area contributed by atoms with E-state index in [1.807, 2.05) is 24.3 Å². The van der Waals surface area contributed by atoms with Crippen molar-refractivity contribution in [3.8, 4) is 11.4 Å². The fourth-order valence-electron chi connectivity index (χ4n) is 3.51. The highest BCUT2D eigenvalue weighted by Gasteiger charge is 2.32. The molecule has 7 nitrogen and oxygen atoms in total. The number of anilines is 1. The molecule has 3 rings (SSSR count). The maximum atomic E-state index is 12.5. The number of halogens is 1. The van der Waals surface area contributed by atoms with Crippen LogP contribution in [0.25, 0.3) is 11.4 Å². The lowest BCUT2D eigenvalue weighted by atomic mass is 9.71. The quantitative estimate of drug-likeness (QED) is 0.849. The molecule has 0 unspecified atom stereocenters. The highest BCUT2D eigenvalue weighted by molar-refractivity contribution is 5.91. The molecule has 1 aromatic heterocycles. The number of aromatic nitrogens is 4. The van der Waals surface area contributed by atoms with Gasteiger partial charge in [0.2, 0.25) is 5.91 Å². The Labute approximate surface area is 153 Å². The molecular formula is C17H25ClN6O. The molecule has 1 saturated carbocycles. The van der Waals surface area contributed by atoms with Crippen molar-refractivity contribution in [1.29, 1.82) is 0 Å². The van der Waals surface area contributed by atoms with Crippen molar-refractivity contribution in [1.82, 2.24) is 20.2 Å². The van der Waals surface area contributed by atoms with Gasteiger partial charge in [0.25, 0.3) is 0 Å². The first-order chi connectivity index (χ1) is 11.6. The molecule has 1 aromatic carbocycles. The molecular weight excluding hydrogens is 340 g/mol. The summed E-state index contributed by atoms with van der Waals surface area (Å²) in [5.74, 6) is 0.687. The number of benzene rings is 1. The van der Waals surface area contributed by atoms with Crippen LogP contribution < -0.4 is 11.1 Å². The van der Waals surface area contributed by atoms with Crippen molar-refractivity contribution in [2.75, 3.05) is 11.9 Å². The van der Waals surface area contributed by atoms with E-state index < -0.39 is 0 Å². The Morgan fingerprint density at radius 2 is 2.08 bits per heavy atom. The summed E-state index contributed by atoms with van der Waals surface area (Å²) in [6.07, 6.45) is 6.15. The number of amides is 1. The van der Waals surface area contributed by atoms with E-state index in [1.54, 1.807) is 11.7 Å². The summed E-state index contributed by atoms with van der Waals surface area (Å²) in [7, 11) is 1.79. The molecule has 136 valence electrons. The number of tetrazole rings is 1. The molecule has 8 heteroatoms. The van der Waals surface area contributed by atoms with Crippen molar-refractivity contribution >= 4 is 24.0 Å². The summed E-state index contributed by atoms with van der Waals surface area (Å²) < 4.78 is 1.60. The average Bonchev–Trinajstić information content (AvgIpc) is 3.02. The Kier molecular flexibility index (Phi) is 6.50.